The van der Waals surface area contributed by atoms with E-state index in [1.165, 1.54) is 5.56 Å². The van der Waals surface area contributed by atoms with Gasteiger partial charge in [-0.1, -0.05) is 30.3 Å². The predicted molar refractivity (Wildman–Crippen MR) is 106 cm³/mol. The van der Waals surface area contributed by atoms with E-state index in [0.29, 0.717) is 12.1 Å². The van der Waals surface area contributed by atoms with Crippen LogP contribution in [0.3, 0.4) is 0 Å². The second-order valence-corrected chi connectivity index (χ2v) is 6.35. The van der Waals surface area contributed by atoms with Gasteiger partial charge in [0, 0.05) is 24.0 Å². The molecule has 0 atom stereocenters. The van der Waals surface area contributed by atoms with E-state index in [9.17, 15) is 4.79 Å². The second-order valence-electron chi connectivity index (χ2n) is 6.35. The highest BCUT2D eigenvalue weighted by molar-refractivity contribution is 5.94. The summed E-state index contributed by atoms with van der Waals surface area (Å²) in [6.07, 6.45) is 5.37. The Kier molecular flexibility index (Phi) is 4.92. The minimum atomic E-state index is -0.0526. The summed E-state index contributed by atoms with van der Waals surface area (Å²) in [5.74, 6) is -0.0526. The minimum Gasteiger partial charge on any atom is -0.352 e. The number of hydrogen-bond acceptors (Lipinski definition) is 3. The molecular weight excluding hydrogens is 336 g/mol. The van der Waals surface area contributed by atoms with Gasteiger partial charge in [0.05, 0.1) is 0 Å². The predicted octanol–water partition coefficient (Wildman–Crippen LogP) is 3.78. The average molecular weight is 356 g/mol. The van der Waals surface area contributed by atoms with Crippen LogP contribution >= 0.6 is 0 Å². The summed E-state index contributed by atoms with van der Waals surface area (Å²) in [5.41, 5.74) is 4.51. The highest BCUT2D eigenvalue weighted by Crippen LogP contribution is 2.16. The van der Waals surface area contributed by atoms with Crippen molar-refractivity contribution in [3.8, 4) is 5.69 Å². The molecule has 5 nitrogen and oxygen atoms in total. The van der Waals surface area contributed by atoms with E-state index in [1.54, 1.807) is 12.5 Å². The average Bonchev–Trinajstić information content (AvgIpc) is 3.16. The molecule has 4 rings (SSSR count). The van der Waals surface area contributed by atoms with Gasteiger partial charge in [0.1, 0.15) is 11.8 Å². The first kappa shape index (κ1) is 17.0. The zero-order valence-electron chi connectivity index (χ0n) is 14.9. The molecule has 2 aromatic carbocycles. The number of nitrogens with zero attached hydrogens (tertiary/aromatic N) is 3. The van der Waals surface area contributed by atoms with Gasteiger partial charge in [-0.15, -0.1) is 0 Å². The molecule has 134 valence electrons. The standard InChI is InChI=1S/C22H20N4O/c27-22(24-15-4-8-17-6-2-1-3-7-17)18-10-12-19(13-11-18)26-16-25-20-9-5-14-23-21(20)26/h1-3,5-7,9-14,16H,4,8,15H2,(H,24,27). The number of pyridine rings is 1. The van der Waals surface area contributed by atoms with Gasteiger partial charge in [-0.05, 0) is 54.8 Å². The summed E-state index contributed by atoms with van der Waals surface area (Å²) >= 11 is 0. The topological polar surface area (TPSA) is 59.8 Å². The summed E-state index contributed by atoms with van der Waals surface area (Å²) in [6.45, 7) is 0.658. The van der Waals surface area contributed by atoms with Crippen LogP contribution in [0.25, 0.3) is 16.9 Å². The van der Waals surface area contributed by atoms with Gasteiger partial charge in [-0.25, -0.2) is 9.97 Å². The van der Waals surface area contributed by atoms with Crippen molar-refractivity contribution in [1.82, 2.24) is 19.9 Å². The molecule has 0 unspecified atom stereocenters. The van der Waals surface area contributed by atoms with Gasteiger partial charge >= 0.3 is 0 Å². The van der Waals surface area contributed by atoms with Crippen molar-refractivity contribution in [1.29, 1.82) is 0 Å². The van der Waals surface area contributed by atoms with Crippen molar-refractivity contribution >= 4 is 17.1 Å². The summed E-state index contributed by atoms with van der Waals surface area (Å²) in [7, 11) is 0. The molecule has 0 aliphatic carbocycles. The van der Waals surface area contributed by atoms with Crippen molar-refractivity contribution in [2.75, 3.05) is 6.54 Å². The van der Waals surface area contributed by atoms with Crippen LogP contribution in [0.2, 0.25) is 0 Å². The number of carbonyl (C=O) groups is 1. The summed E-state index contributed by atoms with van der Waals surface area (Å²) in [5, 5.41) is 2.98. The monoisotopic (exact) mass is 356 g/mol. The Morgan fingerprint density at radius 2 is 1.74 bits per heavy atom. The summed E-state index contributed by atoms with van der Waals surface area (Å²) in [6, 6.07) is 21.6. The lowest BCUT2D eigenvalue weighted by Crippen LogP contribution is -2.24. The van der Waals surface area contributed by atoms with Gasteiger partial charge in [0.25, 0.3) is 5.91 Å². The molecular formula is C22H20N4O. The fourth-order valence-corrected chi connectivity index (χ4v) is 3.05. The SMILES string of the molecule is O=C(NCCCc1ccccc1)c1ccc(-n2cnc3cccnc32)cc1. The zero-order valence-corrected chi connectivity index (χ0v) is 14.9. The van der Waals surface area contributed by atoms with Gasteiger partial charge < -0.3 is 5.32 Å². The molecule has 0 bridgehead atoms. The maximum absolute atomic E-state index is 12.3. The van der Waals surface area contributed by atoms with Crippen molar-refractivity contribution in [2.45, 2.75) is 12.8 Å². The molecule has 1 amide bonds. The number of imidazole rings is 1. The number of aromatic nitrogens is 3. The number of aryl methyl sites for hydroxylation is 1. The third kappa shape index (κ3) is 3.87. The zero-order chi connectivity index (χ0) is 18.5. The Bertz CT molecular complexity index is 1040. The third-order valence-corrected chi connectivity index (χ3v) is 4.48. The minimum absolute atomic E-state index is 0.0526. The largest absolute Gasteiger partial charge is 0.352 e. The molecule has 0 spiro atoms. The smallest absolute Gasteiger partial charge is 0.251 e. The lowest BCUT2D eigenvalue weighted by Gasteiger charge is -2.07. The fourth-order valence-electron chi connectivity index (χ4n) is 3.05. The third-order valence-electron chi connectivity index (χ3n) is 4.48. The van der Waals surface area contributed by atoms with Gasteiger partial charge in [0.15, 0.2) is 5.65 Å². The van der Waals surface area contributed by atoms with Crippen LogP contribution in [0.5, 0.6) is 0 Å². The van der Waals surface area contributed by atoms with Crippen LogP contribution in [0.1, 0.15) is 22.3 Å². The Balaban J connectivity index is 1.36. The molecule has 1 N–H and O–H groups in total. The molecule has 0 fully saturated rings. The van der Waals surface area contributed by atoms with Gasteiger partial charge in [-0.3, -0.25) is 9.36 Å². The Morgan fingerprint density at radius 1 is 0.926 bits per heavy atom. The number of rotatable bonds is 6. The lowest BCUT2D eigenvalue weighted by molar-refractivity contribution is 0.0953. The highest BCUT2D eigenvalue weighted by atomic mass is 16.1. The first-order valence-electron chi connectivity index (χ1n) is 9.02. The molecule has 2 aromatic heterocycles. The van der Waals surface area contributed by atoms with E-state index in [1.807, 2.05) is 59.2 Å². The van der Waals surface area contributed by atoms with Crippen molar-refractivity contribution in [3.05, 3.63) is 90.4 Å². The Morgan fingerprint density at radius 3 is 2.56 bits per heavy atom. The van der Waals surface area contributed by atoms with E-state index in [4.69, 9.17) is 0 Å². The molecule has 0 radical (unpaired) electrons. The van der Waals surface area contributed by atoms with Crippen molar-refractivity contribution in [3.63, 3.8) is 0 Å². The van der Waals surface area contributed by atoms with E-state index in [-0.39, 0.29) is 5.91 Å². The van der Waals surface area contributed by atoms with Crippen LogP contribution in [-0.2, 0) is 6.42 Å². The molecule has 0 saturated carbocycles. The maximum Gasteiger partial charge on any atom is 0.251 e. The number of amides is 1. The first-order valence-corrected chi connectivity index (χ1v) is 9.02. The van der Waals surface area contributed by atoms with Gasteiger partial charge in [0.2, 0.25) is 0 Å². The molecule has 0 saturated heterocycles. The second kappa shape index (κ2) is 7.83. The lowest BCUT2D eigenvalue weighted by atomic mass is 10.1. The molecule has 4 aromatic rings. The van der Waals surface area contributed by atoms with E-state index in [2.05, 4.69) is 27.4 Å². The molecule has 5 heteroatoms. The number of carbonyl (C=O) groups excluding carboxylic acids is 1. The van der Waals surface area contributed by atoms with E-state index in [0.717, 1.165) is 29.7 Å². The van der Waals surface area contributed by atoms with Gasteiger partial charge in [-0.2, -0.15) is 0 Å². The van der Waals surface area contributed by atoms with E-state index < -0.39 is 0 Å². The normalized spacial score (nSPS) is 10.8. The molecule has 0 aliphatic rings. The molecule has 2 heterocycles. The fraction of sp³-hybridized carbons (Fsp3) is 0.136. The quantitative estimate of drug-likeness (QED) is 0.535. The Hall–Kier alpha value is -3.47. The number of hydrogen-bond donors (Lipinski definition) is 1. The summed E-state index contributed by atoms with van der Waals surface area (Å²) < 4.78 is 1.91. The molecule has 27 heavy (non-hydrogen) atoms. The van der Waals surface area contributed by atoms with Crippen molar-refractivity contribution < 1.29 is 4.79 Å². The van der Waals surface area contributed by atoms with Crippen molar-refractivity contribution in [2.24, 2.45) is 0 Å². The molecule has 0 aliphatic heterocycles. The van der Waals surface area contributed by atoms with Crippen LogP contribution in [-0.4, -0.2) is 27.0 Å². The number of nitrogens with one attached hydrogen (secondary N) is 1. The van der Waals surface area contributed by atoms with Crippen LogP contribution in [0, 0.1) is 0 Å². The number of benzene rings is 2. The Labute approximate surface area is 157 Å². The van der Waals surface area contributed by atoms with Crippen LogP contribution in [0.4, 0.5) is 0 Å². The first-order chi connectivity index (χ1) is 13.3. The van der Waals surface area contributed by atoms with Crippen LogP contribution in [0.15, 0.2) is 79.3 Å². The van der Waals surface area contributed by atoms with Crippen LogP contribution < -0.4 is 5.32 Å². The highest BCUT2D eigenvalue weighted by Gasteiger charge is 2.08. The number of fused-ring (bicyclic) bond motifs is 1. The maximum atomic E-state index is 12.3. The summed E-state index contributed by atoms with van der Waals surface area (Å²) in [4.78, 5) is 21.0. The van der Waals surface area contributed by atoms with E-state index >= 15 is 0 Å².